The lowest BCUT2D eigenvalue weighted by molar-refractivity contribution is -0.134. The third-order valence-electron chi connectivity index (χ3n) is 2.38. The fraction of sp³-hybridized carbons (Fsp3) is 0.778. The molecule has 0 aromatic carbocycles. The van der Waals surface area contributed by atoms with Gasteiger partial charge in [-0.1, -0.05) is 6.92 Å². The van der Waals surface area contributed by atoms with Crippen LogP contribution in [0.5, 0.6) is 0 Å². The van der Waals surface area contributed by atoms with Gasteiger partial charge in [0.1, 0.15) is 11.6 Å². The van der Waals surface area contributed by atoms with E-state index < -0.39 is 0 Å². The van der Waals surface area contributed by atoms with Gasteiger partial charge < -0.3 is 0 Å². The topological polar surface area (TPSA) is 34.1 Å². The minimum absolute atomic E-state index is 0.0434. The van der Waals surface area contributed by atoms with Crippen molar-refractivity contribution in [2.24, 2.45) is 11.8 Å². The first-order chi connectivity index (χ1) is 5.11. The van der Waals surface area contributed by atoms with Crippen molar-refractivity contribution in [1.29, 1.82) is 0 Å². The zero-order chi connectivity index (χ0) is 8.43. The van der Waals surface area contributed by atoms with Crippen LogP contribution < -0.4 is 0 Å². The fourth-order valence-electron chi connectivity index (χ4n) is 1.63. The minimum atomic E-state index is -0.272. The van der Waals surface area contributed by atoms with Gasteiger partial charge in [0.05, 0.1) is 5.92 Å². The number of hydrogen-bond acceptors (Lipinski definition) is 2. The second-order valence-corrected chi connectivity index (χ2v) is 3.52. The monoisotopic (exact) mass is 154 g/mol. The fourth-order valence-corrected chi connectivity index (χ4v) is 1.63. The first kappa shape index (κ1) is 8.44. The molecule has 0 bridgehead atoms. The quantitative estimate of drug-likeness (QED) is 0.537. The van der Waals surface area contributed by atoms with E-state index in [1.54, 1.807) is 0 Å². The molecule has 1 fully saturated rings. The average Bonchev–Trinajstić information content (AvgIpc) is 1.85. The average molecular weight is 154 g/mol. The van der Waals surface area contributed by atoms with E-state index in [0.29, 0.717) is 12.3 Å². The highest BCUT2D eigenvalue weighted by atomic mass is 16.1. The summed E-state index contributed by atoms with van der Waals surface area (Å²) in [5, 5.41) is 0. The summed E-state index contributed by atoms with van der Waals surface area (Å²) < 4.78 is 0. The first-order valence-electron chi connectivity index (χ1n) is 4.14. The number of rotatable bonds is 1. The molecule has 0 aromatic heterocycles. The molecule has 0 amide bonds. The normalized spacial score (nSPS) is 32.0. The van der Waals surface area contributed by atoms with Crippen molar-refractivity contribution in [3.8, 4) is 0 Å². The van der Waals surface area contributed by atoms with Crippen molar-refractivity contribution in [2.75, 3.05) is 0 Å². The highest BCUT2D eigenvalue weighted by Crippen LogP contribution is 2.25. The van der Waals surface area contributed by atoms with Crippen LogP contribution in [-0.2, 0) is 9.59 Å². The van der Waals surface area contributed by atoms with Crippen molar-refractivity contribution in [3.63, 3.8) is 0 Å². The molecule has 1 aliphatic rings. The first-order valence-corrected chi connectivity index (χ1v) is 4.14. The van der Waals surface area contributed by atoms with Crippen LogP contribution in [0.25, 0.3) is 0 Å². The molecule has 62 valence electrons. The maximum atomic E-state index is 11.2. The van der Waals surface area contributed by atoms with Gasteiger partial charge in [-0.25, -0.2) is 0 Å². The van der Waals surface area contributed by atoms with Crippen LogP contribution in [-0.4, -0.2) is 11.6 Å². The predicted molar refractivity (Wildman–Crippen MR) is 42.2 cm³/mol. The largest absolute Gasteiger partial charge is 0.299 e. The summed E-state index contributed by atoms with van der Waals surface area (Å²) >= 11 is 0. The lowest BCUT2D eigenvalue weighted by Gasteiger charge is -2.22. The standard InChI is InChI=1S/C9H14O2/c1-6-3-4-8(7(2)10)9(11)5-6/h6,8H,3-5H2,1-2H3. The predicted octanol–water partition coefficient (Wildman–Crippen LogP) is 1.58. The van der Waals surface area contributed by atoms with Gasteiger partial charge in [0.15, 0.2) is 0 Å². The SMILES string of the molecule is CC(=O)C1CCC(C)CC1=O. The Labute approximate surface area is 67.0 Å². The Morgan fingerprint density at radius 3 is 2.55 bits per heavy atom. The van der Waals surface area contributed by atoms with E-state index in [9.17, 15) is 9.59 Å². The number of ketones is 2. The van der Waals surface area contributed by atoms with Gasteiger partial charge in [-0.05, 0) is 25.7 Å². The maximum Gasteiger partial charge on any atom is 0.143 e. The molecule has 0 radical (unpaired) electrons. The molecule has 2 nitrogen and oxygen atoms in total. The summed E-state index contributed by atoms with van der Waals surface area (Å²) in [6, 6.07) is 0. The zero-order valence-electron chi connectivity index (χ0n) is 7.09. The number of carbonyl (C=O) groups is 2. The summed E-state index contributed by atoms with van der Waals surface area (Å²) in [6.07, 6.45) is 2.40. The van der Waals surface area contributed by atoms with E-state index in [0.717, 1.165) is 12.8 Å². The highest BCUT2D eigenvalue weighted by molar-refractivity contribution is 6.01. The Bertz CT molecular complexity index is 184. The number of carbonyl (C=O) groups excluding carboxylic acids is 2. The van der Waals surface area contributed by atoms with E-state index in [1.807, 2.05) is 0 Å². The van der Waals surface area contributed by atoms with Crippen molar-refractivity contribution in [2.45, 2.75) is 33.1 Å². The summed E-state index contributed by atoms with van der Waals surface area (Å²) in [7, 11) is 0. The molecule has 0 aromatic rings. The van der Waals surface area contributed by atoms with Gasteiger partial charge in [-0.3, -0.25) is 9.59 Å². The van der Waals surface area contributed by atoms with Crippen LogP contribution in [0.4, 0.5) is 0 Å². The molecule has 0 saturated heterocycles. The molecule has 0 heterocycles. The molecular formula is C9H14O2. The van der Waals surface area contributed by atoms with Crippen LogP contribution in [0.3, 0.4) is 0 Å². The lowest BCUT2D eigenvalue weighted by atomic mass is 9.80. The molecule has 0 aliphatic heterocycles. The zero-order valence-corrected chi connectivity index (χ0v) is 7.09. The van der Waals surface area contributed by atoms with E-state index in [2.05, 4.69) is 6.92 Å². The smallest absolute Gasteiger partial charge is 0.143 e. The Balaban J connectivity index is 2.58. The molecule has 1 saturated carbocycles. The number of Topliss-reactive ketones (excluding diaryl/α,β-unsaturated/α-hetero) is 2. The van der Waals surface area contributed by atoms with E-state index in [-0.39, 0.29) is 17.5 Å². The molecular weight excluding hydrogens is 140 g/mol. The summed E-state index contributed by atoms with van der Waals surface area (Å²) in [5.74, 6) is 0.405. The van der Waals surface area contributed by atoms with Gasteiger partial charge in [0, 0.05) is 6.42 Å². The third kappa shape index (κ3) is 1.88. The molecule has 11 heavy (non-hydrogen) atoms. The van der Waals surface area contributed by atoms with Crippen molar-refractivity contribution in [1.82, 2.24) is 0 Å². The van der Waals surface area contributed by atoms with Crippen LogP contribution in [0, 0.1) is 11.8 Å². The van der Waals surface area contributed by atoms with Gasteiger partial charge in [0.2, 0.25) is 0 Å². The van der Waals surface area contributed by atoms with Crippen LogP contribution in [0.1, 0.15) is 33.1 Å². The van der Waals surface area contributed by atoms with Crippen molar-refractivity contribution >= 4 is 11.6 Å². The molecule has 2 unspecified atom stereocenters. The minimum Gasteiger partial charge on any atom is -0.299 e. The second-order valence-electron chi connectivity index (χ2n) is 3.52. The molecule has 1 rings (SSSR count). The summed E-state index contributed by atoms with van der Waals surface area (Å²) in [5.41, 5.74) is 0. The molecule has 0 spiro atoms. The Morgan fingerprint density at radius 2 is 2.09 bits per heavy atom. The molecule has 2 heteroatoms. The maximum absolute atomic E-state index is 11.2. The molecule has 0 N–H and O–H groups in total. The number of hydrogen-bond donors (Lipinski definition) is 0. The highest BCUT2D eigenvalue weighted by Gasteiger charge is 2.28. The van der Waals surface area contributed by atoms with Crippen LogP contribution in [0.15, 0.2) is 0 Å². The van der Waals surface area contributed by atoms with E-state index >= 15 is 0 Å². The Morgan fingerprint density at radius 1 is 1.45 bits per heavy atom. The lowest BCUT2D eigenvalue weighted by Crippen LogP contribution is -2.28. The van der Waals surface area contributed by atoms with E-state index in [1.165, 1.54) is 6.92 Å². The van der Waals surface area contributed by atoms with Crippen LogP contribution >= 0.6 is 0 Å². The summed E-state index contributed by atoms with van der Waals surface area (Å²) in [6.45, 7) is 3.58. The van der Waals surface area contributed by atoms with Gasteiger partial charge >= 0.3 is 0 Å². The van der Waals surface area contributed by atoms with Gasteiger partial charge in [-0.2, -0.15) is 0 Å². The summed E-state index contributed by atoms with van der Waals surface area (Å²) in [4.78, 5) is 22.1. The molecule has 1 aliphatic carbocycles. The second kappa shape index (κ2) is 3.16. The van der Waals surface area contributed by atoms with Crippen molar-refractivity contribution in [3.05, 3.63) is 0 Å². The van der Waals surface area contributed by atoms with Crippen LogP contribution in [0.2, 0.25) is 0 Å². The third-order valence-corrected chi connectivity index (χ3v) is 2.38. The van der Waals surface area contributed by atoms with Gasteiger partial charge in [0.25, 0.3) is 0 Å². The van der Waals surface area contributed by atoms with Crippen molar-refractivity contribution < 1.29 is 9.59 Å². The molecule has 2 atom stereocenters. The van der Waals surface area contributed by atoms with E-state index in [4.69, 9.17) is 0 Å². The van der Waals surface area contributed by atoms with Gasteiger partial charge in [-0.15, -0.1) is 0 Å². The Kier molecular flexibility index (Phi) is 2.42. The Hall–Kier alpha value is -0.660.